The van der Waals surface area contributed by atoms with Crippen LogP contribution in [0, 0.1) is 13.8 Å². The van der Waals surface area contributed by atoms with Gasteiger partial charge in [-0.05, 0) is 49.2 Å². The number of aromatic carboxylic acids is 1. The molecular weight excluding hydrogens is 330 g/mol. The van der Waals surface area contributed by atoms with Crippen molar-refractivity contribution in [2.45, 2.75) is 18.7 Å². The molecule has 24 heavy (non-hydrogen) atoms. The van der Waals surface area contributed by atoms with Gasteiger partial charge in [0.1, 0.15) is 0 Å². The number of hydrogen-bond acceptors (Lipinski definition) is 4. The molecule has 2 N–H and O–H groups in total. The maximum Gasteiger partial charge on any atom is 0.335 e. The van der Waals surface area contributed by atoms with E-state index in [1.54, 1.807) is 44.2 Å². The monoisotopic (exact) mass is 349 g/mol. The third-order valence-corrected chi connectivity index (χ3v) is 5.74. The molecule has 2 aromatic rings. The number of aliphatic hydroxyl groups is 1. The summed E-state index contributed by atoms with van der Waals surface area (Å²) in [5, 5.41) is 18.5. The summed E-state index contributed by atoms with van der Waals surface area (Å²) in [5.74, 6) is -1.19. The molecule has 0 heterocycles. The largest absolute Gasteiger partial charge is 0.478 e. The molecule has 7 heteroatoms. The van der Waals surface area contributed by atoms with Gasteiger partial charge in [-0.1, -0.05) is 18.2 Å². The highest BCUT2D eigenvalue weighted by molar-refractivity contribution is 7.92. The van der Waals surface area contributed by atoms with Crippen molar-refractivity contribution in [1.29, 1.82) is 0 Å². The minimum absolute atomic E-state index is 0.0720. The van der Waals surface area contributed by atoms with Gasteiger partial charge in [0.25, 0.3) is 10.0 Å². The second-order valence-electron chi connectivity index (χ2n) is 5.36. The Balaban J connectivity index is 2.66. The number of anilines is 1. The summed E-state index contributed by atoms with van der Waals surface area (Å²) in [4.78, 5) is 11.2. The zero-order valence-corrected chi connectivity index (χ0v) is 14.2. The van der Waals surface area contributed by atoms with Gasteiger partial charge in [-0.3, -0.25) is 4.31 Å². The molecule has 0 aromatic heterocycles. The van der Waals surface area contributed by atoms with Gasteiger partial charge in [0.05, 0.1) is 29.3 Å². The maximum atomic E-state index is 13.1. The first-order valence-corrected chi connectivity index (χ1v) is 8.76. The number of benzene rings is 2. The molecule has 0 radical (unpaired) electrons. The van der Waals surface area contributed by atoms with Crippen molar-refractivity contribution < 1.29 is 23.4 Å². The van der Waals surface area contributed by atoms with Gasteiger partial charge < -0.3 is 10.2 Å². The van der Waals surface area contributed by atoms with Gasteiger partial charge in [0.2, 0.25) is 0 Å². The predicted octanol–water partition coefficient (Wildman–Crippen LogP) is 2.19. The maximum absolute atomic E-state index is 13.1. The first-order valence-electron chi connectivity index (χ1n) is 7.32. The van der Waals surface area contributed by atoms with Crippen molar-refractivity contribution in [2.24, 2.45) is 0 Å². The molecule has 0 aliphatic carbocycles. The van der Waals surface area contributed by atoms with Gasteiger partial charge >= 0.3 is 5.97 Å². The summed E-state index contributed by atoms with van der Waals surface area (Å²) >= 11 is 0. The Labute approximate surface area is 141 Å². The van der Waals surface area contributed by atoms with Crippen molar-refractivity contribution in [1.82, 2.24) is 0 Å². The van der Waals surface area contributed by atoms with E-state index >= 15 is 0 Å². The molecule has 0 fully saturated rings. The summed E-state index contributed by atoms with van der Waals surface area (Å²) in [5.41, 5.74) is 1.38. The number of carboxylic acids is 1. The molecule has 0 unspecified atom stereocenters. The highest BCUT2D eigenvalue weighted by Crippen LogP contribution is 2.28. The summed E-state index contributed by atoms with van der Waals surface area (Å²) < 4.78 is 27.3. The highest BCUT2D eigenvalue weighted by Gasteiger charge is 2.28. The smallest absolute Gasteiger partial charge is 0.335 e. The van der Waals surface area contributed by atoms with E-state index in [-0.39, 0.29) is 23.6 Å². The van der Waals surface area contributed by atoms with Gasteiger partial charge in [-0.2, -0.15) is 0 Å². The summed E-state index contributed by atoms with van der Waals surface area (Å²) in [6.45, 7) is 2.82. The minimum atomic E-state index is -4.02. The lowest BCUT2D eigenvalue weighted by Crippen LogP contribution is -2.34. The number of nitrogens with zero attached hydrogens (tertiary/aromatic N) is 1. The van der Waals surface area contributed by atoms with Crippen LogP contribution in [0.5, 0.6) is 0 Å². The number of carbonyl (C=O) groups is 1. The lowest BCUT2D eigenvalue weighted by atomic mass is 10.1. The van der Waals surface area contributed by atoms with Crippen LogP contribution in [0.1, 0.15) is 21.5 Å². The molecule has 0 bridgehead atoms. The molecule has 0 saturated heterocycles. The van der Waals surface area contributed by atoms with Crippen molar-refractivity contribution in [2.75, 3.05) is 17.5 Å². The molecule has 128 valence electrons. The van der Waals surface area contributed by atoms with Crippen molar-refractivity contribution >= 4 is 21.7 Å². The molecule has 0 atom stereocenters. The zero-order chi connectivity index (χ0) is 17.9. The molecule has 0 spiro atoms. The Bertz CT molecular complexity index is 847. The number of rotatable bonds is 6. The van der Waals surface area contributed by atoms with Crippen molar-refractivity contribution in [3.8, 4) is 0 Å². The van der Waals surface area contributed by atoms with E-state index in [0.29, 0.717) is 16.8 Å². The molecule has 6 nitrogen and oxygen atoms in total. The molecule has 2 aromatic carbocycles. The normalized spacial score (nSPS) is 11.3. The van der Waals surface area contributed by atoms with E-state index in [1.807, 2.05) is 0 Å². The van der Waals surface area contributed by atoms with E-state index in [4.69, 9.17) is 0 Å². The Morgan fingerprint density at radius 1 is 1.12 bits per heavy atom. The molecule has 0 amide bonds. The minimum Gasteiger partial charge on any atom is -0.478 e. The van der Waals surface area contributed by atoms with E-state index in [1.165, 1.54) is 6.07 Å². The van der Waals surface area contributed by atoms with E-state index in [0.717, 1.165) is 10.4 Å². The fourth-order valence-corrected chi connectivity index (χ4v) is 4.19. The highest BCUT2D eigenvalue weighted by atomic mass is 32.2. The van der Waals surface area contributed by atoms with Crippen LogP contribution >= 0.6 is 0 Å². The van der Waals surface area contributed by atoms with Crippen LogP contribution in [0.3, 0.4) is 0 Å². The number of para-hydroxylation sites is 1. The number of aryl methyl sites for hydroxylation is 1. The number of carboxylic acid groups (broad SMARTS) is 1. The number of aliphatic hydroxyl groups excluding tert-OH is 1. The fraction of sp³-hybridized carbons (Fsp3) is 0.235. The van der Waals surface area contributed by atoms with Gasteiger partial charge in [-0.15, -0.1) is 0 Å². The fourth-order valence-electron chi connectivity index (χ4n) is 2.41. The van der Waals surface area contributed by atoms with Crippen molar-refractivity contribution in [3.63, 3.8) is 0 Å². The SMILES string of the molecule is Cc1cc(C(=O)O)cc(S(=O)(=O)N(CCO)c2ccccc2)c1C. The second-order valence-corrected chi connectivity index (χ2v) is 7.19. The third kappa shape index (κ3) is 3.42. The first-order chi connectivity index (χ1) is 11.3. The van der Waals surface area contributed by atoms with Gasteiger partial charge in [-0.25, -0.2) is 13.2 Å². The van der Waals surface area contributed by atoms with Crippen LogP contribution in [0.2, 0.25) is 0 Å². The Kier molecular flexibility index (Phi) is 5.26. The Morgan fingerprint density at radius 2 is 1.75 bits per heavy atom. The lowest BCUT2D eigenvalue weighted by Gasteiger charge is -2.25. The molecular formula is C17H19NO5S. The molecule has 0 aliphatic heterocycles. The molecule has 0 aliphatic rings. The van der Waals surface area contributed by atoms with Crippen molar-refractivity contribution in [3.05, 3.63) is 59.2 Å². The molecule has 2 rings (SSSR count). The number of sulfonamides is 1. The quantitative estimate of drug-likeness (QED) is 0.833. The summed E-state index contributed by atoms with van der Waals surface area (Å²) in [6.07, 6.45) is 0. The second kappa shape index (κ2) is 7.02. The Morgan fingerprint density at radius 3 is 2.29 bits per heavy atom. The topological polar surface area (TPSA) is 94.9 Å². The summed E-state index contributed by atoms with van der Waals surface area (Å²) in [6, 6.07) is 11.0. The van der Waals surface area contributed by atoms with E-state index in [2.05, 4.69) is 0 Å². The van der Waals surface area contributed by atoms with E-state index < -0.39 is 16.0 Å². The zero-order valence-electron chi connectivity index (χ0n) is 13.4. The van der Waals surface area contributed by atoms with Crippen LogP contribution in [0.4, 0.5) is 5.69 Å². The van der Waals surface area contributed by atoms with E-state index in [9.17, 15) is 23.4 Å². The first kappa shape index (κ1) is 18.0. The molecule has 0 saturated carbocycles. The van der Waals surface area contributed by atoms with Crippen LogP contribution in [0.15, 0.2) is 47.4 Å². The summed E-state index contributed by atoms with van der Waals surface area (Å²) in [7, 11) is -4.02. The van der Waals surface area contributed by atoms with Gasteiger partial charge in [0, 0.05) is 0 Å². The lowest BCUT2D eigenvalue weighted by molar-refractivity contribution is 0.0696. The predicted molar refractivity (Wildman–Crippen MR) is 90.9 cm³/mol. The van der Waals surface area contributed by atoms with Crippen LogP contribution in [-0.2, 0) is 10.0 Å². The third-order valence-electron chi connectivity index (χ3n) is 3.78. The van der Waals surface area contributed by atoms with Gasteiger partial charge in [0.15, 0.2) is 0 Å². The Hall–Kier alpha value is -2.38. The van der Waals surface area contributed by atoms with Crippen LogP contribution in [-0.4, -0.2) is 37.8 Å². The van der Waals surface area contributed by atoms with Crippen LogP contribution in [0.25, 0.3) is 0 Å². The standard InChI is InChI=1S/C17H19NO5S/c1-12-10-14(17(20)21)11-16(13(12)2)24(22,23)18(8-9-19)15-6-4-3-5-7-15/h3-7,10-11,19H,8-9H2,1-2H3,(H,20,21). The average molecular weight is 349 g/mol. The average Bonchev–Trinajstić information content (AvgIpc) is 2.55. The van der Waals surface area contributed by atoms with Crippen LogP contribution < -0.4 is 4.31 Å². The number of hydrogen-bond donors (Lipinski definition) is 2.